The van der Waals surface area contributed by atoms with E-state index in [4.69, 9.17) is 28.3 Å². The molecule has 0 unspecified atom stereocenters. The molecule has 1 atom stereocenters. The van der Waals surface area contributed by atoms with E-state index in [1.807, 2.05) is 6.07 Å². The molecule has 0 saturated heterocycles. The Morgan fingerprint density at radius 1 is 1.28 bits per heavy atom. The van der Waals surface area contributed by atoms with Crippen molar-refractivity contribution in [2.24, 2.45) is 0 Å². The molecule has 1 aromatic rings. The minimum Gasteiger partial charge on any atom is -0.480 e. The second-order valence-electron chi connectivity index (χ2n) is 4.82. The van der Waals surface area contributed by atoms with Crippen molar-refractivity contribution < 1.29 is 9.90 Å². The van der Waals surface area contributed by atoms with E-state index in [-0.39, 0.29) is 0 Å². The van der Waals surface area contributed by atoms with Gasteiger partial charge in [-0.3, -0.25) is 4.79 Å². The first kappa shape index (κ1) is 13.7. The molecule has 2 nitrogen and oxygen atoms in total. The Bertz CT molecular complexity index is 439. The lowest BCUT2D eigenvalue weighted by Gasteiger charge is -2.23. The molecule has 18 heavy (non-hydrogen) atoms. The summed E-state index contributed by atoms with van der Waals surface area (Å²) >= 11 is 12.1. The zero-order valence-electron chi connectivity index (χ0n) is 10.0. The quantitative estimate of drug-likeness (QED) is 0.814. The van der Waals surface area contributed by atoms with Gasteiger partial charge < -0.3 is 5.11 Å². The van der Waals surface area contributed by atoms with E-state index in [1.165, 1.54) is 32.1 Å². The van der Waals surface area contributed by atoms with Crippen LogP contribution in [0.15, 0.2) is 18.2 Å². The Labute approximate surface area is 117 Å². The zero-order valence-corrected chi connectivity index (χ0v) is 11.5. The molecule has 98 valence electrons. The average Bonchev–Trinajstić information content (AvgIpc) is 2.38. The lowest BCUT2D eigenvalue weighted by molar-refractivity contribution is -0.136. The van der Waals surface area contributed by atoms with Crippen LogP contribution in [-0.2, 0) is 4.79 Å². The lowest BCUT2D eigenvalue weighted by atomic mass is 9.84. The van der Waals surface area contributed by atoms with Crippen LogP contribution < -0.4 is 0 Å². The summed E-state index contributed by atoms with van der Waals surface area (Å²) in [6, 6.07) is 5.41. The third kappa shape index (κ3) is 2.99. The average molecular weight is 287 g/mol. The van der Waals surface area contributed by atoms with E-state index in [1.54, 1.807) is 12.1 Å². The van der Waals surface area contributed by atoms with Crippen LogP contribution >= 0.6 is 23.2 Å². The van der Waals surface area contributed by atoms with Crippen molar-refractivity contribution >= 4 is 29.2 Å². The largest absolute Gasteiger partial charge is 0.480 e. The number of hydrogen-bond acceptors (Lipinski definition) is 1. The van der Waals surface area contributed by atoms with Crippen LogP contribution in [0.1, 0.15) is 54.5 Å². The van der Waals surface area contributed by atoms with Gasteiger partial charge in [-0.25, -0.2) is 0 Å². The Balaban J connectivity index is 2.21. The second-order valence-corrected chi connectivity index (χ2v) is 5.66. The fourth-order valence-electron chi connectivity index (χ4n) is 2.59. The molecule has 0 aromatic heterocycles. The van der Waals surface area contributed by atoms with Gasteiger partial charge in [-0.15, -0.1) is 11.6 Å². The highest BCUT2D eigenvalue weighted by Crippen LogP contribution is 2.37. The van der Waals surface area contributed by atoms with E-state index < -0.39 is 11.3 Å². The topological polar surface area (TPSA) is 37.3 Å². The highest BCUT2D eigenvalue weighted by atomic mass is 35.5. The minimum absolute atomic E-state index is 0.513. The third-order valence-electron chi connectivity index (χ3n) is 3.58. The van der Waals surface area contributed by atoms with Crippen LogP contribution in [0, 0.1) is 0 Å². The summed E-state index contributed by atoms with van der Waals surface area (Å²) in [5, 5.41) is 8.49. The summed E-state index contributed by atoms with van der Waals surface area (Å²) in [7, 11) is 0. The monoisotopic (exact) mass is 286 g/mol. The summed E-state index contributed by atoms with van der Waals surface area (Å²) in [4.78, 5) is 10.8. The number of benzene rings is 1. The van der Waals surface area contributed by atoms with E-state index in [0.29, 0.717) is 16.5 Å². The second kappa shape index (κ2) is 5.94. The molecule has 0 heterocycles. The zero-order chi connectivity index (χ0) is 13.1. The molecule has 1 fully saturated rings. The van der Waals surface area contributed by atoms with Gasteiger partial charge in [0.1, 0.15) is 0 Å². The first-order chi connectivity index (χ1) is 8.59. The first-order valence-corrected chi connectivity index (χ1v) is 7.07. The van der Waals surface area contributed by atoms with Gasteiger partial charge in [0.05, 0.1) is 0 Å². The highest BCUT2D eigenvalue weighted by molar-refractivity contribution is 6.32. The molecule has 2 rings (SSSR count). The van der Waals surface area contributed by atoms with Crippen molar-refractivity contribution in [3.05, 3.63) is 34.3 Å². The third-order valence-corrected chi connectivity index (χ3v) is 4.34. The minimum atomic E-state index is -1.04. The van der Waals surface area contributed by atoms with Crippen molar-refractivity contribution in [1.82, 2.24) is 0 Å². The first-order valence-electron chi connectivity index (χ1n) is 6.26. The van der Waals surface area contributed by atoms with Gasteiger partial charge in [0, 0.05) is 5.02 Å². The smallest absolute Gasteiger partial charge is 0.326 e. The standard InChI is InChI=1S/C14H16Cl2O2/c15-12-8-10(13(16)14(17)18)6-7-11(12)9-4-2-1-3-5-9/h6-9,13H,1-5H2,(H,17,18)/t13-/m0/s1. The number of hydrogen-bond donors (Lipinski definition) is 1. The Morgan fingerprint density at radius 2 is 1.94 bits per heavy atom. The highest BCUT2D eigenvalue weighted by Gasteiger charge is 2.21. The summed E-state index contributed by atoms with van der Waals surface area (Å²) in [6.45, 7) is 0. The maximum Gasteiger partial charge on any atom is 0.326 e. The van der Waals surface area contributed by atoms with Gasteiger partial charge in [-0.2, -0.15) is 0 Å². The summed E-state index contributed by atoms with van der Waals surface area (Å²) in [5.41, 5.74) is 1.68. The van der Waals surface area contributed by atoms with Gasteiger partial charge in [-0.05, 0) is 36.0 Å². The molecule has 0 radical (unpaired) electrons. The molecule has 0 amide bonds. The predicted molar refractivity (Wildman–Crippen MR) is 73.5 cm³/mol. The van der Waals surface area contributed by atoms with Crippen molar-refractivity contribution in [2.45, 2.75) is 43.4 Å². The molecule has 1 aliphatic carbocycles. The normalized spacial score (nSPS) is 18.6. The molecule has 1 aliphatic rings. The van der Waals surface area contributed by atoms with Crippen LogP contribution in [0.25, 0.3) is 0 Å². The number of carbonyl (C=O) groups is 1. The number of carboxylic acids is 1. The molecule has 0 bridgehead atoms. The van der Waals surface area contributed by atoms with Crippen LogP contribution in [0.3, 0.4) is 0 Å². The molecule has 0 aliphatic heterocycles. The van der Waals surface area contributed by atoms with Crippen LogP contribution in [-0.4, -0.2) is 11.1 Å². The Hall–Kier alpha value is -0.730. The molecular weight excluding hydrogens is 271 g/mol. The van der Waals surface area contributed by atoms with E-state index in [0.717, 1.165) is 5.56 Å². The summed E-state index contributed by atoms with van der Waals surface area (Å²) in [6.07, 6.45) is 6.13. The van der Waals surface area contributed by atoms with Gasteiger partial charge in [0.15, 0.2) is 5.38 Å². The van der Waals surface area contributed by atoms with Crippen LogP contribution in [0.5, 0.6) is 0 Å². The Morgan fingerprint density at radius 3 is 2.50 bits per heavy atom. The summed E-state index contributed by atoms with van der Waals surface area (Å²) in [5.74, 6) is -0.531. The fourth-order valence-corrected chi connectivity index (χ4v) is 3.07. The maximum absolute atomic E-state index is 10.8. The van der Waals surface area contributed by atoms with E-state index >= 15 is 0 Å². The van der Waals surface area contributed by atoms with E-state index in [9.17, 15) is 4.79 Å². The number of halogens is 2. The number of carboxylic acid groups (broad SMARTS) is 1. The predicted octanol–water partition coefficient (Wildman–Crippen LogP) is 4.75. The van der Waals surface area contributed by atoms with Crippen molar-refractivity contribution in [3.63, 3.8) is 0 Å². The van der Waals surface area contributed by atoms with Gasteiger partial charge in [0.25, 0.3) is 0 Å². The van der Waals surface area contributed by atoms with Gasteiger partial charge >= 0.3 is 5.97 Å². The van der Waals surface area contributed by atoms with Crippen molar-refractivity contribution in [1.29, 1.82) is 0 Å². The van der Waals surface area contributed by atoms with Crippen molar-refractivity contribution in [3.8, 4) is 0 Å². The molecular formula is C14H16Cl2O2. The molecule has 1 aromatic carbocycles. The number of alkyl halides is 1. The van der Waals surface area contributed by atoms with Crippen LogP contribution in [0.2, 0.25) is 5.02 Å². The molecule has 1 saturated carbocycles. The van der Waals surface area contributed by atoms with E-state index in [2.05, 4.69) is 0 Å². The van der Waals surface area contributed by atoms with Gasteiger partial charge in [-0.1, -0.05) is 43.0 Å². The molecule has 1 N–H and O–H groups in total. The molecule has 0 spiro atoms. The Kier molecular flexibility index (Phi) is 4.52. The number of aliphatic carboxylic acids is 1. The molecule has 4 heteroatoms. The van der Waals surface area contributed by atoms with Gasteiger partial charge in [0.2, 0.25) is 0 Å². The number of rotatable bonds is 3. The summed E-state index contributed by atoms with van der Waals surface area (Å²) < 4.78 is 0. The lowest BCUT2D eigenvalue weighted by Crippen LogP contribution is -2.08. The maximum atomic E-state index is 10.8. The fraction of sp³-hybridized carbons (Fsp3) is 0.500. The van der Waals surface area contributed by atoms with Crippen LogP contribution in [0.4, 0.5) is 0 Å². The SMILES string of the molecule is O=C(O)[C@@H](Cl)c1ccc(C2CCCCC2)c(Cl)c1. The van der Waals surface area contributed by atoms with Crippen molar-refractivity contribution in [2.75, 3.05) is 0 Å².